The Morgan fingerprint density at radius 1 is 1.47 bits per heavy atom. The topological polar surface area (TPSA) is 58.6 Å². The third kappa shape index (κ3) is 2.77. The summed E-state index contributed by atoms with van der Waals surface area (Å²) in [5.74, 6) is 0.297. The van der Waals surface area contributed by atoms with E-state index >= 15 is 0 Å². The van der Waals surface area contributed by atoms with Crippen molar-refractivity contribution in [3.63, 3.8) is 0 Å². The Morgan fingerprint density at radius 3 is 2.82 bits per heavy atom. The molecular weight excluding hydrogens is 220 g/mol. The summed E-state index contributed by atoms with van der Waals surface area (Å²) >= 11 is 0. The van der Waals surface area contributed by atoms with E-state index in [1.807, 2.05) is 13.8 Å². The van der Waals surface area contributed by atoms with Gasteiger partial charge in [-0.2, -0.15) is 0 Å². The Balaban J connectivity index is 1.93. The lowest BCUT2D eigenvalue weighted by molar-refractivity contribution is -0.128. The predicted octanol–water partition coefficient (Wildman–Crippen LogP) is 1.13. The molecule has 2 saturated heterocycles. The molecule has 1 N–H and O–H groups in total. The number of urea groups is 1. The summed E-state index contributed by atoms with van der Waals surface area (Å²) in [6, 6.07) is -0.611. The van der Waals surface area contributed by atoms with E-state index in [1.54, 1.807) is 0 Å². The predicted molar refractivity (Wildman–Crippen MR) is 62.5 cm³/mol. The number of carbonyl (C=O) groups is 2. The molecule has 96 valence electrons. The van der Waals surface area contributed by atoms with Crippen LogP contribution in [0.4, 0.5) is 4.79 Å². The molecule has 5 heteroatoms. The number of nitrogens with one attached hydrogen (secondary N) is 1. The van der Waals surface area contributed by atoms with Crippen molar-refractivity contribution in [2.75, 3.05) is 13.2 Å². The van der Waals surface area contributed by atoms with Crippen molar-refractivity contribution in [3.05, 3.63) is 0 Å². The van der Waals surface area contributed by atoms with E-state index < -0.39 is 0 Å². The van der Waals surface area contributed by atoms with Gasteiger partial charge in [-0.05, 0) is 25.2 Å². The van der Waals surface area contributed by atoms with E-state index in [2.05, 4.69) is 5.32 Å². The second-order valence-corrected chi connectivity index (χ2v) is 5.22. The van der Waals surface area contributed by atoms with Gasteiger partial charge in [-0.1, -0.05) is 13.8 Å². The Bertz CT molecular complexity index is 311. The first-order chi connectivity index (χ1) is 8.08. The Kier molecular flexibility index (Phi) is 3.66. The smallest absolute Gasteiger partial charge is 0.324 e. The van der Waals surface area contributed by atoms with Gasteiger partial charge in [-0.15, -0.1) is 0 Å². The summed E-state index contributed by atoms with van der Waals surface area (Å²) in [6.07, 6.45) is 2.69. The summed E-state index contributed by atoms with van der Waals surface area (Å²) in [6.45, 7) is 5.23. The molecule has 0 aromatic carbocycles. The molecular formula is C12H20N2O3. The number of ether oxygens (including phenoxy) is 1. The summed E-state index contributed by atoms with van der Waals surface area (Å²) in [4.78, 5) is 25.0. The summed E-state index contributed by atoms with van der Waals surface area (Å²) in [5, 5.41) is 2.74. The van der Waals surface area contributed by atoms with E-state index in [4.69, 9.17) is 4.74 Å². The molecule has 2 aliphatic heterocycles. The molecule has 0 aromatic rings. The van der Waals surface area contributed by atoms with Crippen molar-refractivity contribution in [2.24, 2.45) is 5.92 Å². The van der Waals surface area contributed by atoms with Crippen LogP contribution >= 0.6 is 0 Å². The summed E-state index contributed by atoms with van der Waals surface area (Å²) < 4.78 is 5.45. The number of hydrogen-bond acceptors (Lipinski definition) is 3. The van der Waals surface area contributed by atoms with Crippen molar-refractivity contribution in [1.82, 2.24) is 10.2 Å². The van der Waals surface area contributed by atoms with Crippen molar-refractivity contribution < 1.29 is 14.3 Å². The van der Waals surface area contributed by atoms with Crippen molar-refractivity contribution in [3.8, 4) is 0 Å². The van der Waals surface area contributed by atoms with Gasteiger partial charge in [-0.25, -0.2) is 4.79 Å². The number of carbonyl (C=O) groups excluding carboxylic acids is 2. The Morgan fingerprint density at radius 2 is 2.24 bits per heavy atom. The van der Waals surface area contributed by atoms with Crippen LogP contribution in [0.1, 0.15) is 33.1 Å². The van der Waals surface area contributed by atoms with Crippen LogP contribution in [0.5, 0.6) is 0 Å². The van der Waals surface area contributed by atoms with E-state index in [9.17, 15) is 9.59 Å². The standard InChI is InChI=1S/C12H20N2O3/c1-8(2)6-10-11(15)14(12(16)13-10)7-9-4-3-5-17-9/h8-10H,3-7H2,1-2H3,(H,13,16)/t9?,10-/m0/s1. The number of rotatable bonds is 4. The molecule has 0 aromatic heterocycles. The van der Waals surface area contributed by atoms with Crippen LogP contribution in [0.15, 0.2) is 0 Å². The third-order valence-electron chi connectivity index (χ3n) is 3.22. The number of hydrogen-bond donors (Lipinski definition) is 1. The summed E-state index contributed by atoms with van der Waals surface area (Å²) in [7, 11) is 0. The molecule has 0 saturated carbocycles. The first-order valence-electron chi connectivity index (χ1n) is 6.31. The monoisotopic (exact) mass is 240 g/mol. The van der Waals surface area contributed by atoms with Gasteiger partial charge in [0.1, 0.15) is 6.04 Å². The molecule has 0 radical (unpaired) electrons. The zero-order chi connectivity index (χ0) is 12.4. The van der Waals surface area contributed by atoms with Crippen molar-refractivity contribution in [2.45, 2.75) is 45.3 Å². The number of imide groups is 1. The zero-order valence-electron chi connectivity index (χ0n) is 10.4. The number of amides is 3. The molecule has 3 amide bonds. The van der Waals surface area contributed by atoms with Crippen LogP contribution in [-0.2, 0) is 9.53 Å². The van der Waals surface area contributed by atoms with Gasteiger partial charge >= 0.3 is 6.03 Å². The van der Waals surface area contributed by atoms with E-state index in [1.165, 1.54) is 4.90 Å². The average Bonchev–Trinajstić information content (AvgIpc) is 2.83. The molecule has 2 rings (SSSR count). The maximum Gasteiger partial charge on any atom is 0.324 e. The van der Waals surface area contributed by atoms with Gasteiger partial charge in [0.05, 0.1) is 12.6 Å². The molecule has 0 spiro atoms. The molecule has 2 aliphatic rings. The fourth-order valence-electron chi connectivity index (χ4n) is 2.37. The van der Waals surface area contributed by atoms with Gasteiger partial charge in [0, 0.05) is 6.61 Å². The van der Waals surface area contributed by atoms with Gasteiger partial charge < -0.3 is 10.1 Å². The lowest BCUT2D eigenvalue weighted by Gasteiger charge is -2.17. The van der Waals surface area contributed by atoms with Crippen molar-refractivity contribution >= 4 is 11.9 Å². The lowest BCUT2D eigenvalue weighted by Crippen LogP contribution is -2.37. The minimum atomic E-state index is -0.344. The van der Waals surface area contributed by atoms with Crippen LogP contribution in [-0.4, -0.2) is 42.1 Å². The minimum absolute atomic E-state index is 0.0301. The zero-order valence-corrected chi connectivity index (χ0v) is 10.4. The Hall–Kier alpha value is -1.10. The molecule has 17 heavy (non-hydrogen) atoms. The summed E-state index contributed by atoms with van der Waals surface area (Å²) in [5.41, 5.74) is 0. The fourth-order valence-corrected chi connectivity index (χ4v) is 2.37. The maximum atomic E-state index is 12.0. The highest BCUT2D eigenvalue weighted by molar-refractivity contribution is 6.04. The maximum absolute atomic E-state index is 12.0. The van der Waals surface area contributed by atoms with Crippen molar-refractivity contribution in [1.29, 1.82) is 0 Å². The lowest BCUT2D eigenvalue weighted by atomic mass is 10.0. The molecule has 0 aliphatic carbocycles. The SMILES string of the molecule is CC(C)C[C@@H]1NC(=O)N(CC2CCCO2)C1=O. The third-order valence-corrected chi connectivity index (χ3v) is 3.22. The van der Waals surface area contributed by atoms with Gasteiger partial charge in [0.25, 0.3) is 5.91 Å². The Labute approximate surface area is 101 Å². The molecule has 2 heterocycles. The largest absolute Gasteiger partial charge is 0.376 e. The molecule has 1 unspecified atom stereocenters. The fraction of sp³-hybridized carbons (Fsp3) is 0.833. The van der Waals surface area contributed by atoms with Gasteiger partial charge in [0.2, 0.25) is 0 Å². The molecule has 2 fully saturated rings. The highest BCUT2D eigenvalue weighted by Gasteiger charge is 2.39. The number of nitrogens with zero attached hydrogens (tertiary/aromatic N) is 1. The highest BCUT2D eigenvalue weighted by atomic mass is 16.5. The average molecular weight is 240 g/mol. The quantitative estimate of drug-likeness (QED) is 0.749. The normalized spacial score (nSPS) is 29.2. The molecule has 0 bridgehead atoms. The second kappa shape index (κ2) is 5.04. The van der Waals surface area contributed by atoms with Gasteiger partial charge in [0.15, 0.2) is 0 Å². The first-order valence-corrected chi connectivity index (χ1v) is 6.31. The van der Waals surface area contributed by atoms with Crippen LogP contribution in [0.25, 0.3) is 0 Å². The molecule has 5 nitrogen and oxygen atoms in total. The minimum Gasteiger partial charge on any atom is -0.376 e. The van der Waals surface area contributed by atoms with E-state index in [-0.39, 0.29) is 24.1 Å². The molecule has 2 atom stereocenters. The van der Waals surface area contributed by atoms with Crippen LogP contribution in [0, 0.1) is 5.92 Å². The highest BCUT2D eigenvalue weighted by Crippen LogP contribution is 2.18. The van der Waals surface area contributed by atoms with Crippen LogP contribution in [0.2, 0.25) is 0 Å². The van der Waals surface area contributed by atoms with Crippen LogP contribution < -0.4 is 5.32 Å². The van der Waals surface area contributed by atoms with E-state index in [0.717, 1.165) is 19.4 Å². The van der Waals surface area contributed by atoms with Gasteiger partial charge in [-0.3, -0.25) is 9.69 Å². The van der Waals surface area contributed by atoms with E-state index in [0.29, 0.717) is 18.9 Å². The van der Waals surface area contributed by atoms with Crippen LogP contribution in [0.3, 0.4) is 0 Å². The first kappa shape index (κ1) is 12.4. The second-order valence-electron chi connectivity index (χ2n) is 5.22.